The van der Waals surface area contributed by atoms with Crippen LogP contribution in [0.15, 0.2) is 26.0 Å². The van der Waals surface area contributed by atoms with Gasteiger partial charge >= 0.3 is 0 Å². The van der Waals surface area contributed by atoms with E-state index in [9.17, 15) is 9.59 Å². The number of aromatic amines is 2. The van der Waals surface area contributed by atoms with Gasteiger partial charge in [0.05, 0.1) is 10.2 Å². The van der Waals surface area contributed by atoms with Crippen LogP contribution in [0, 0.1) is 0 Å². The second kappa shape index (κ2) is 5.92. The Labute approximate surface area is 131 Å². The Morgan fingerprint density at radius 3 is 2.70 bits per heavy atom. The van der Waals surface area contributed by atoms with Crippen molar-refractivity contribution in [2.75, 3.05) is 5.32 Å². The first-order chi connectivity index (χ1) is 9.40. The molecule has 0 atom stereocenters. The van der Waals surface area contributed by atoms with Crippen molar-refractivity contribution in [3.63, 3.8) is 0 Å². The van der Waals surface area contributed by atoms with Gasteiger partial charge < -0.3 is 10.3 Å². The Kier molecular flexibility index (Phi) is 4.44. The van der Waals surface area contributed by atoms with E-state index in [4.69, 9.17) is 0 Å². The van der Waals surface area contributed by atoms with Gasteiger partial charge in [-0.25, -0.2) is 0 Å². The number of nitrogens with one attached hydrogen (secondary N) is 3. The lowest BCUT2D eigenvalue weighted by Gasteiger charge is -2.04. The lowest BCUT2D eigenvalue weighted by Crippen LogP contribution is -2.20. The quantitative estimate of drug-likeness (QED) is 0.735. The van der Waals surface area contributed by atoms with E-state index in [0.717, 1.165) is 5.69 Å². The molecule has 0 unspecified atom stereocenters. The van der Waals surface area contributed by atoms with Gasteiger partial charge in [0.2, 0.25) is 0 Å². The van der Waals surface area contributed by atoms with Gasteiger partial charge in [0, 0.05) is 10.7 Å². The summed E-state index contributed by atoms with van der Waals surface area (Å²) in [6.07, 6.45) is 1.50. The Hall–Kier alpha value is -1.41. The molecule has 0 fully saturated rings. The van der Waals surface area contributed by atoms with E-state index in [1.165, 1.54) is 12.3 Å². The Morgan fingerprint density at radius 1 is 1.40 bits per heavy atom. The minimum Gasteiger partial charge on any atom is -0.326 e. The van der Waals surface area contributed by atoms with Crippen molar-refractivity contribution in [1.29, 1.82) is 0 Å². The fourth-order valence-corrected chi connectivity index (χ4v) is 2.77. The number of carbonyl (C=O) groups excluding carboxylic acids is 1. The van der Waals surface area contributed by atoms with E-state index >= 15 is 0 Å². The predicted octanol–water partition coefficient (Wildman–Crippen LogP) is 3.00. The maximum Gasteiger partial charge on any atom is 0.277 e. The van der Waals surface area contributed by atoms with Crippen LogP contribution in [-0.4, -0.2) is 21.1 Å². The Bertz CT molecular complexity index is 706. The number of carbonyl (C=O) groups is 1. The van der Waals surface area contributed by atoms with Crippen molar-refractivity contribution in [1.82, 2.24) is 15.2 Å². The van der Waals surface area contributed by atoms with E-state index < -0.39 is 5.91 Å². The fourth-order valence-electron chi connectivity index (χ4n) is 1.61. The summed E-state index contributed by atoms with van der Waals surface area (Å²) >= 11 is 6.58. The van der Waals surface area contributed by atoms with Crippen LogP contribution in [0.2, 0.25) is 0 Å². The fraction of sp³-hybridized carbons (Fsp3) is 0.250. The summed E-state index contributed by atoms with van der Waals surface area (Å²) in [5.74, 6) is -0.253. The van der Waals surface area contributed by atoms with Gasteiger partial charge in [-0.1, -0.05) is 13.8 Å². The van der Waals surface area contributed by atoms with Crippen LogP contribution < -0.4 is 10.9 Å². The van der Waals surface area contributed by atoms with Gasteiger partial charge in [-0.05, 0) is 43.8 Å². The van der Waals surface area contributed by atoms with Crippen LogP contribution in [-0.2, 0) is 0 Å². The highest BCUT2D eigenvalue weighted by molar-refractivity contribution is 9.10. The van der Waals surface area contributed by atoms with Crippen molar-refractivity contribution >= 4 is 43.5 Å². The molecule has 20 heavy (non-hydrogen) atoms. The van der Waals surface area contributed by atoms with Crippen LogP contribution in [0.1, 0.15) is 35.9 Å². The molecule has 0 radical (unpaired) electrons. The molecular weight excluding hydrogens is 392 g/mol. The number of hydrogen-bond donors (Lipinski definition) is 3. The van der Waals surface area contributed by atoms with Gasteiger partial charge in [0.15, 0.2) is 5.69 Å². The number of H-pyrrole nitrogens is 2. The molecule has 0 spiro atoms. The molecule has 0 aliphatic carbocycles. The van der Waals surface area contributed by atoms with Crippen LogP contribution in [0.4, 0.5) is 5.69 Å². The second-order valence-corrected chi connectivity index (χ2v) is 6.18. The Balaban J connectivity index is 2.29. The minimum atomic E-state index is -0.455. The average molecular weight is 404 g/mol. The largest absolute Gasteiger partial charge is 0.326 e. The highest BCUT2D eigenvalue weighted by Crippen LogP contribution is 2.26. The van der Waals surface area contributed by atoms with Crippen LogP contribution in [0.5, 0.6) is 0 Å². The third-order valence-corrected chi connectivity index (χ3v) is 3.90. The van der Waals surface area contributed by atoms with E-state index in [1.54, 1.807) is 0 Å². The molecule has 0 aliphatic rings. The molecule has 2 rings (SSSR count). The SMILES string of the molecule is CC(C)c1[nH]nc(C(=O)Nc2cc(Br)c[nH]c2=O)c1Br. The first-order valence-corrected chi connectivity index (χ1v) is 7.42. The van der Waals surface area contributed by atoms with Gasteiger partial charge in [-0.2, -0.15) is 5.10 Å². The van der Waals surface area contributed by atoms with Crippen molar-refractivity contribution in [2.24, 2.45) is 0 Å². The first kappa shape index (κ1) is 15.0. The van der Waals surface area contributed by atoms with E-state index in [0.29, 0.717) is 8.95 Å². The summed E-state index contributed by atoms with van der Waals surface area (Å²) in [7, 11) is 0. The van der Waals surface area contributed by atoms with Crippen LogP contribution in [0.3, 0.4) is 0 Å². The highest BCUT2D eigenvalue weighted by Gasteiger charge is 2.20. The van der Waals surface area contributed by atoms with E-state index in [1.807, 2.05) is 13.8 Å². The Morgan fingerprint density at radius 2 is 2.10 bits per heavy atom. The van der Waals surface area contributed by atoms with Crippen molar-refractivity contribution < 1.29 is 4.79 Å². The van der Waals surface area contributed by atoms with Gasteiger partial charge in [0.25, 0.3) is 11.5 Å². The van der Waals surface area contributed by atoms with Gasteiger partial charge in [0.1, 0.15) is 5.69 Å². The molecule has 0 bridgehead atoms. The summed E-state index contributed by atoms with van der Waals surface area (Å²) in [6.45, 7) is 3.97. The monoisotopic (exact) mass is 402 g/mol. The van der Waals surface area contributed by atoms with E-state index in [-0.39, 0.29) is 22.9 Å². The number of amides is 1. The van der Waals surface area contributed by atoms with Crippen molar-refractivity contribution in [3.8, 4) is 0 Å². The standard InChI is InChI=1S/C12H12Br2N4O2/c1-5(2)9-8(14)10(18-17-9)12(20)16-7-3-6(13)4-15-11(7)19/h3-5H,1-2H3,(H,15,19)(H,16,20)(H,17,18). The van der Waals surface area contributed by atoms with Gasteiger partial charge in [-0.15, -0.1) is 0 Å². The molecule has 3 N–H and O–H groups in total. The molecule has 0 saturated carbocycles. The van der Waals surface area contributed by atoms with Crippen molar-refractivity contribution in [2.45, 2.75) is 19.8 Å². The van der Waals surface area contributed by atoms with E-state index in [2.05, 4.69) is 52.4 Å². The molecule has 106 valence electrons. The second-order valence-electron chi connectivity index (χ2n) is 4.47. The molecule has 2 aromatic heterocycles. The molecule has 0 aliphatic heterocycles. The lowest BCUT2D eigenvalue weighted by molar-refractivity contribution is 0.102. The third kappa shape index (κ3) is 3.01. The van der Waals surface area contributed by atoms with Crippen LogP contribution >= 0.6 is 31.9 Å². The molecule has 2 aromatic rings. The normalized spacial score (nSPS) is 10.8. The smallest absolute Gasteiger partial charge is 0.277 e. The minimum absolute atomic E-state index is 0.158. The lowest BCUT2D eigenvalue weighted by atomic mass is 10.1. The summed E-state index contributed by atoms with van der Waals surface area (Å²) in [4.78, 5) is 26.3. The maximum atomic E-state index is 12.1. The number of pyridine rings is 1. The number of rotatable bonds is 3. The molecule has 8 heteroatoms. The topological polar surface area (TPSA) is 90.6 Å². The van der Waals surface area contributed by atoms with Crippen LogP contribution in [0.25, 0.3) is 0 Å². The summed E-state index contributed by atoms with van der Waals surface area (Å²) in [5.41, 5.74) is 0.828. The third-order valence-electron chi connectivity index (χ3n) is 2.64. The summed E-state index contributed by atoms with van der Waals surface area (Å²) < 4.78 is 1.27. The predicted molar refractivity (Wildman–Crippen MR) is 83.1 cm³/mol. The number of hydrogen-bond acceptors (Lipinski definition) is 3. The highest BCUT2D eigenvalue weighted by atomic mass is 79.9. The molecule has 2 heterocycles. The molecule has 1 amide bonds. The molecular formula is C12H12Br2N4O2. The number of halogens is 2. The molecule has 0 saturated heterocycles. The zero-order chi connectivity index (χ0) is 14.9. The molecule has 6 nitrogen and oxygen atoms in total. The summed E-state index contributed by atoms with van der Waals surface area (Å²) in [6, 6.07) is 1.53. The van der Waals surface area contributed by atoms with Crippen molar-refractivity contribution in [3.05, 3.63) is 43.0 Å². The van der Waals surface area contributed by atoms with Gasteiger partial charge in [-0.3, -0.25) is 14.7 Å². The zero-order valence-corrected chi connectivity index (χ0v) is 13.9. The number of aromatic nitrogens is 3. The average Bonchev–Trinajstić information content (AvgIpc) is 2.76. The zero-order valence-electron chi connectivity index (χ0n) is 10.8. The molecule has 0 aromatic carbocycles. The number of anilines is 1. The summed E-state index contributed by atoms with van der Waals surface area (Å²) in [5, 5.41) is 9.33. The number of nitrogens with zero attached hydrogens (tertiary/aromatic N) is 1. The maximum absolute atomic E-state index is 12.1. The first-order valence-electron chi connectivity index (χ1n) is 5.83.